The number of rotatable bonds is 5. The molecule has 264 valence electrons. The number of carbonyl (C=O) groups excluding carboxylic acids is 4. The molecule has 0 saturated heterocycles. The summed E-state index contributed by atoms with van der Waals surface area (Å²) < 4.78 is 0. The number of nitrogens with zero attached hydrogens (tertiary/aromatic N) is 4. The van der Waals surface area contributed by atoms with Gasteiger partial charge in [0.15, 0.2) is 0 Å². The van der Waals surface area contributed by atoms with Gasteiger partial charge in [-0.25, -0.2) is 9.97 Å². The Kier molecular flexibility index (Phi) is 13.7. The lowest BCUT2D eigenvalue weighted by Gasteiger charge is -2.24. The van der Waals surface area contributed by atoms with Gasteiger partial charge in [0.1, 0.15) is 21.4 Å². The number of pyridine rings is 1. The van der Waals surface area contributed by atoms with Crippen molar-refractivity contribution in [3.05, 3.63) is 97.1 Å². The summed E-state index contributed by atoms with van der Waals surface area (Å²) in [5, 5.41) is 20.5. The Morgan fingerprint density at radius 3 is 2.22 bits per heavy atom. The minimum Gasteiger partial charge on any atom is -0.483 e. The molecule has 1 aromatic carbocycles. The van der Waals surface area contributed by atoms with E-state index in [1.807, 2.05) is 70.2 Å². The molecule has 50 heavy (non-hydrogen) atoms. The van der Waals surface area contributed by atoms with Crippen LogP contribution < -0.4 is 16.0 Å². The van der Waals surface area contributed by atoms with Gasteiger partial charge in [-0.05, 0) is 55.9 Å². The molecule has 4 heterocycles. The van der Waals surface area contributed by atoms with E-state index in [1.165, 1.54) is 27.6 Å². The number of nitrogens with one attached hydrogen (secondary N) is 3. The van der Waals surface area contributed by atoms with Crippen molar-refractivity contribution in [2.75, 3.05) is 19.6 Å². The topological polar surface area (TPSA) is 184 Å². The van der Waals surface area contributed by atoms with E-state index < -0.39 is 12.1 Å². The number of aryl methyl sites for hydroxylation is 2. The van der Waals surface area contributed by atoms with Crippen molar-refractivity contribution in [3.63, 3.8) is 0 Å². The van der Waals surface area contributed by atoms with Crippen molar-refractivity contribution < 1.29 is 29.1 Å². The van der Waals surface area contributed by atoms with Gasteiger partial charge in [-0.3, -0.25) is 29.0 Å². The lowest BCUT2D eigenvalue weighted by atomic mass is 10.0. The summed E-state index contributed by atoms with van der Waals surface area (Å²) in [6, 6.07) is 12.5. The lowest BCUT2D eigenvalue weighted by Crippen LogP contribution is -2.44. The number of benzene rings is 1. The zero-order valence-electron chi connectivity index (χ0n) is 28.3. The molecule has 4 aromatic rings. The van der Waals surface area contributed by atoms with Crippen molar-refractivity contribution in [1.82, 2.24) is 35.8 Å². The highest BCUT2D eigenvalue weighted by Gasteiger charge is 2.27. The molecular weight excluding hydrogens is 679 g/mol. The average Bonchev–Trinajstić information content (AvgIpc) is 3.76. The highest BCUT2D eigenvalue weighted by molar-refractivity contribution is 7.10. The molecule has 0 spiro atoms. The number of carboxylic acid groups (broad SMARTS) is 1. The minimum absolute atomic E-state index is 0.00171. The second-order valence-corrected chi connectivity index (χ2v) is 13.9. The first-order chi connectivity index (χ1) is 24.0. The van der Waals surface area contributed by atoms with Gasteiger partial charge in [0, 0.05) is 35.2 Å². The van der Waals surface area contributed by atoms with E-state index in [-0.39, 0.29) is 73.5 Å². The molecule has 4 amide bonds. The standard InChI is InChI=1S/C34H39N7O4S2.CH2O2/c1-20(2)30-34-39-26(18-47-34)31(44)35-11-8-12-41(29(43)16-24-13-21(3)36-22(4)14-24)17-28(42)37-25(15-23-9-6-5-7-10-23)33-38-27(19-46-33)32(45)40-30;2-1-3/h5-7,9-10,13-14,18-20,25,30H,8,11-12,15-17H2,1-4H3,(H,35,44)(H,37,42)(H,40,45);1H,(H,2,3)/t25?,30-;/m0./s1. The van der Waals surface area contributed by atoms with Gasteiger partial charge in [-0.1, -0.05) is 44.2 Å². The van der Waals surface area contributed by atoms with Crippen LogP contribution in [0.3, 0.4) is 0 Å². The zero-order valence-corrected chi connectivity index (χ0v) is 30.0. The number of hydrogen-bond acceptors (Lipinski definition) is 10. The van der Waals surface area contributed by atoms with Crippen LogP contribution in [-0.4, -0.2) is 74.7 Å². The molecule has 1 aliphatic rings. The van der Waals surface area contributed by atoms with E-state index in [1.54, 1.807) is 10.8 Å². The molecule has 0 radical (unpaired) electrons. The molecule has 0 fully saturated rings. The summed E-state index contributed by atoms with van der Waals surface area (Å²) in [5.41, 5.74) is 3.93. The molecule has 15 heteroatoms. The Balaban J connectivity index is 0.00000181. The Hall–Kier alpha value is -5.02. The molecule has 13 nitrogen and oxygen atoms in total. The number of carbonyl (C=O) groups is 5. The number of hydrogen-bond donors (Lipinski definition) is 4. The van der Waals surface area contributed by atoms with Gasteiger partial charge in [-0.15, -0.1) is 22.7 Å². The van der Waals surface area contributed by atoms with Crippen LogP contribution in [0.25, 0.3) is 0 Å². The van der Waals surface area contributed by atoms with Gasteiger partial charge >= 0.3 is 0 Å². The van der Waals surface area contributed by atoms with Gasteiger partial charge in [0.2, 0.25) is 11.8 Å². The average molecular weight is 720 g/mol. The third-order valence-corrected chi connectivity index (χ3v) is 9.60. The smallest absolute Gasteiger partial charge is 0.290 e. The summed E-state index contributed by atoms with van der Waals surface area (Å²) in [5.74, 6) is -1.26. The molecule has 2 atom stereocenters. The molecule has 4 N–H and O–H groups in total. The molecule has 0 aliphatic carbocycles. The Labute approximate surface area is 298 Å². The van der Waals surface area contributed by atoms with Crippen LogP contribution in [0.5, 0.6) is 0 Å². The van der Waals surface area contributed by atoms with Crippen molar-refractivity contribution in [2.24, 2.45) is 5.92 Å². The number of fused-ring (bicyclic) bond motifs is 4. The van der Waals surface area contributed by atoms with Gasteiger partial charge in [0.25, 0.3) is 18.3 Å². The van der Waals surface area contributed by atoms with Crippen LogP contribution in [0, 0.1) is 19.8 Å². The number of aromatic nitrogens is 3. The first kappa shape index (κ1) is 37.8. The van der Waals surface area contributed by atoms with E-state index in [4.69, 9.17) is 9.90 Å². The van der Waals surface area contributed by atoms with E-state index >= 15 is 0 Å². The van der Waals surface area contributed by atoms with Crippen molar-refractivity contribution in [2.45, 2.75) is 59.0 Å². The lowest BCUT2D eigenvalue weighted by molar-refractivity contribution is -0.135. The quantitative estimate of drug-likeness (QED) is 0.221. The molecular formula is C35H41N7O6S2. The summed E-state index contributed by atoms with van der Waals surface area (Å²) in [4.78, 5) is 77.1. The zero-order chi connectivity index (χ0) is 36.2. The summed E-state index contributed by atoms with van der Waals surface area (Å²) >= 11 is 2.61. The predicted octanol–water partition coefficient (Wildman–Crippen LogP) is 4.04. The van der Waals surface area contributed by atoms with Crippen LogP contribution in [0.15, 0.2) is 53.2 Å². The fraction of sp³-hybridized carbons (Fsp3) is 0.371. The van der Waals surface area contributed by atoms with Crippen LogP contribution in [0.1, 0.15) is 85.9 Å². The Morgan fingerprint density at radius 1 is 0.940 bits per heavy atom. The molecule has 5 rings (SSSR count). The monoisotopic (exact) mass is 719 g/mol. The van der Waals surface area contributed by atoms with Crippen LogP contribution in [-0.2, 0) is 27.2 Å². The second-order valence-electron chi connectivity index (χ2n) is 12.1. The third-order valence-electron chi connectivity index (χ3n) is 7.72. The summed E-state index contributed by atoms with van der Waals surface area (Å²) in [7, 11) is 0. The normalized spacial score (nSPS) is 17.2. The van der Waals surface area contributed by atoms with E-state index in [2.05, 4.69) is 30.9 Å². The number of amides is 4. The van der Waals surface area contributed by atoms with Gasteiger partial charge < -0.3 is 26.0 Å². The minimum atomic E-state index is -0.525. The van der Waals surface area contributed by atoms with Crippen LogP contribution >= 0.6 is 22.7 Å². The third kappa shape index (κ3) is 10.7. The molecule has 1 unspecified atom stereocenters. The molecule has 0 saturated carbocycles. The van der Waals surface area contributed by atoms with E-state index in [0.717, 1.165) is 22.5 Å². The maximum atomic E-state index is 13.6. The summed E-state index contributed by atoms with van der Waals surface area (Å²) in [6.07, 6.45) is 0.998. The Morgan fingerprint density at radius 2 is 1.56 bits per heavy atom. The second kappa shape index (κ2) is 18.1. The van der Waals surface area contributed by atoms with Crippen LogP contribution in [0.4, 0.5) is 0 Å². The Bertz CT molecular complexity index is 1770. The first-order valence-electron chi connectivity index (χ1n) is 16.1. The van der Waals surface area contributed by atoms with Crippen molar-refractivity contribution in [1.29, 1.82) is 0 Å². The predicted molar refractivity (Wildman–Crippen MR) is 190 cm³/mol. The largest absolute Gasteiger partial charge is 0.483 e. The van der Waals surface area contributed by atoms with Crippen molar-refractivity contribution >= 4 is 52.8 Å². The van der Waals surface area contributed by atoms with Gasteiger partial charge in [-0.2, -0.15) is 0 Å². The highest BCUT2D eigenvalue weighted by Crippen LogP contribution is 2.27. The SMILES string of the molecule is Cc1cc(CC(=O)N2CCCNC(=O)c3csc(n3)[C@H](C(C)C)NC(=O)c3csc(n3)C(Cc3ccccc3)NC(=O)C2)cc(C)n1.O=CO. The van der Waals surface area contributed by atoms with E-state index in [0.29, 0.717) is 22.9 Å². The molecule has 4 bridgehead atoms. The maximum absolute atomic E-state index is 13.6. The molecule has 1 aliphatic heterocycles. The maximum Gasteiger partial charge on any atom is 0.290 e. The first-order valence-corrected chi connectivity index (χ1v) is 17.9. The summed E-state index contributed by atoms with van der Waals surface area (Å²) in [6.45, 7) is 7.83. The fourth-order valence-corrected chi connectivity index (χ4v) is 7.31. The van der Waals surface area contributed by atoms with Crippen LogP contribution in [0.2, 0.25) is 0 Å². The molecule has 3 aromatic heterocycles. The number of thiazole rings is 2. The van der Waals surface area contributed by atoms with Crippen molar-refractivity contribution in [3.8, 4) is 0 Å². The fourth-order valence-electron chi connectivity index (χ4n) is 5.44. The van der Waals surface area contributed by atoms with E-state index in [9.17, 15) is 19.2 Å². The van der Waals surface area contributed by atoms with Gasteiger partial charge in [0.05, 0.1) is 25.0 Å². The highest BCUT2D eigenvalue weighted by atomic mass is 32.1.